The SMILES string of the molecule is c1ccc(-c2nc(-c3ccc4c(c3)oc3ccccc34)nc(-c3ccc(-c4cccc5oc6ccccc6c45)c4ccccc34)n2)cc1. The summed E-state index contributed by atoms with van der Waals surface area (Å²) < 4.78 is 12.5. The van der Waals surface area contributed by atoms with E-state index in [0.717, 1.165) is 82.5 Å². The lowest BCUT2D eigenvalue weighted by atomic mass is 9.92. The van der Waals surface area contributed by atoms with Gasteiger partial charge in [0, 0.05) is 38.2 Å². The molecule has 0 aliphatic heterocycles. The predicted molar refractivity (Wildman–Crippen MR) is 194 cm³/mol. The molecule has 0 fully saturated rings. The van der Waals surface area contributed by atoms with Gasteiger partial charge >= 0.3 is 0 Å². The van der Waals surface area contributed by atoms with Crippen LogP contribution in [0.5, 0.6) is 0 Å². The maximum Gasteiger partial charge on any atom is 0.164 e. The highest BCUT2D eigenvalue weighted by Gasteiger charge is 2.19. The van der Waals surface area contributed by atoms with Gasteiger partial charge in [-0.3, -0.25) is 0 Å². The van der Waals surface area contributed by atoms with Gasteiger partial charge in [0.2, 0.25) is 0 Å². The first-order chi connectivity index (χ1) is 23.8. The van der Waals surface area contributed by atoms with Crippen LogP contribution in [0.4, 0.5) is 0 Å². The van der Waals surface area contributed by atoms with E-state index in [-0.39, 0.29) is 0 Å². The lowest BCUT2D eigenvalue weighted by molar-refractivity contribution is 0.668. The second-order valence-electron chi connectivity index (χ2n) is 12.0. The number of benzene rings is 7. The van der Waals surface area contributed by atoms with Crippen LogP contribution in [-0.4, -0.2) is 15.0 Å². The summed E-state index contributed by atoms with van der Waals surface area (Å²) in [5.74, 6) is 1.81. The Balaban J connectivity index is 1.19. The molecule has 5 nitrogen and oxygen atoms in total. The van der Waals surface area contributed by atoms with E-state index < -0.39 is 0 Å². The van der Waals surface area contributed by atoms with Crippen molar-refractivity contribution in [3.8, 4) is 45.3 Å². The zero-order chi connectivity index (χ0) is 31.6. The van der Waals surface area contributed by atoms with Crippen molar-refractivity contribution in [1.82, 2.24) is 15.0 Å². The zero-order valence-electron chi connectivity index (χ0n) is 25.6. The van der Waals surface area contributed by atoms with Crippen molar-refractivity contribution >= 4 is 54.6 Å². The standard InChI is InChI=1S/C43H25N3O2/c1-2-11-26(12-3-1)41-44-42(27-21-22-32-31-15-6-8-18-36(31)48-39(32)25-27)46-43(45-41)34-24-23-30(28-13-4-5-14-29(28)34)33-17-10-20-38-40(33)35-16-7-9-19-37(35)47-38/h1-25H. The van der Waals surface area contributed by atoms with Crippen LogP contribution in [-0.2, 0) is 0 Å². The smallest absolute Gasteiger partial charge is 0.164 e. The summed E-state index contributed by atoms with van der Waals surface area (Å²) in [6, 6.07) is 51.6. The molecule has 0 spiro atoms. The van der Waals surface area contributed by atoms with E-state index in [2.05, 4.69) is 78.9 Å². The molecule has 0 aliphatic rings. The van der Waals surface area contributed by atoms with Crippen molar-refractivity contribution in [3.05, 3.63) is 152 Å². The van der Waals surface area contributed by atoms with Crippen LogP contribution >= 0.6 is 0 Å². The van der Waals surface area contributed by atoms with Crippen molar-refractivity contribution in [2.75, 3.05) is 0 Å². The molecule has 5 heteroatoms. The van der Waals surface area contributed by atoms with Gasteiger partial charge in [0.05, 0.1) is 0 Å². The van der Waals surface area contributed by atoms with E-state index in [9.17, 15) is 0 Å². The first-order valence-corrected chi connectivity index (χ1v) is 15.9. The third kappa shape index (κ3) is 4.15. The molecule has 0 unspecified atom stereocenters. The summed E-state index contributed by atoms with van der Waals surface area (Å²) in [5, 5.41) is 6.54. The molecule has 3 aromatic heterocycles. The molecule has 0 atom stereocenters. The Bertz CT molecular complexity index is 2850. The number of aromatic nitrogens is 3. The van der Waals surface area contributed by atoms with Gasteiger partial charge < -0.3 is 8.83 Å². The van der Waals surface area contributed by atoms with Crippen molar-refractivity contribution in [2.24, 2.45) is 0 Å². The summed E-state index contributed by atoms with van der Waals surface area (Å²) in [5.41, 5.74) is 8.38. The monoisotopic (exact) mass is 615 g/mol. The van der Waals surface area contributed by atoms with Gasteiger partial charge in [0.15, 0.2) is 17.5 Å². The quantitative estimate of drug-likeness (QED) is 0.197. The highest BCUT2D eigenvalue weighted by atomic mass is 16.3. The highest BCUT2D eigenvalue weighted by Crippen LogP contribution is 2.41. The second-order valence-corrected chi connectivity index (χ2v) is 12.0. The van der Waals surface area contributed by atoms with Crippen molar-refractivity contribution in [2.45, 2.75) is 0 Å². The molecule has 0 radical (unpaired) electrons. The van der Waals surface area contributed by atoms with E-state index in [1.165, 1.54) is 0 Å². The number of hydrogen-bond donors (Lipinski definition) is 0. The molecule has 7 aromatic carbocycles. The summed E-state index contributed by atoms with van der Waals surface area (Å²) in [6.07, 6.45) is 0. The van der Waals surface area contributed by atoms with Crippen LogP contribution in [0.25, 0.3) is 99.9 Å². The first kappa shape index (κ1) is 26.6. The van der Waals surface area contributed by atoms with Gasteiger partial charge in [0.1, 0.15) is 22.3 Å². The van der Waals surface area contributed by atoms with Gasteiger partial charge in [-0.05, 0) is 58.3 Å². The molecule has 0 saturated heterocycles. The Kier molecular flexibility index (Phi) is 5.81. The Labute approximate surface area is 274 Å². The third-order valence-electron chi connectivity index (χ3n) is 9.16. The predicted octanol–water partition coefficient (Wildman–Crippen LogP) is 11.5. The Morgan fingerprint density at radius 1 is 0.312 bits per heavy atom. The maximum atomic E-state index is 6.24. The lowest BCUT2D eigenvalue weighted by Crippen LogP contribution is -2.00. The first-order valence-electron chi connectivity index (χ1n) is 15.9. The topological polar surface area (TPSA) is 65.0 Å². The number of para-hydroxylation sites is 2. The van der Waals surface area contributed by atoms with E-state index in [0.29, 0.717) is 17.5 Å². The van der Waals surface area contributed by atoms with Gasteiger partial charge in [-0.25, -0.2) is 15.0 Å². The normalized spacial score (nSPS) is 11.8. The largest absolute Gasteiger partial charge is 0.456 e. The molecular weight excluding hydrogens is 590 g/mol. The van der Waals surface area contributed by atoms with E-state index in [1.54, 1.807) is 0 Å². The summed E-state index contributed by atoms with van der Waals surface area (Å²) in [6.45, 7) is 0. The van der Waals surface area contributed by atoms with Gasteiger partial charge in [-0.2, -0.15) is 0 Å². The minimum atomic E-state index is 0.587. The Morgan fingerprint density at radius 2 is 0.875 bits per heavy atom. The third-order valence-corrected chi connectivity index (χ3v) is 9.16. The fourth-order valence-electron chi connectivity index (χ4n) is 6.93. The summed E-state index contributed by atoms with van der Waals surface area (Å²) in [4.78, 5) is 15.2. The number of rotatable bonds is 4. The average molecular weight is 616 g/mol. The van der Waals surface area contributed by atoms with Crippen LogP contribution in [0.1, 0.15) is 0 Å². The number of furan rings is 2. The molecular formula is C43H25N3O2. The van der Waals surface area contributed by atoms with E-state index in [4.69, 9.17) is 23.8 Å². The molecule has 10 rings (SSSR count). The molecule has 0 aliphatic carbocycles. The van der Waals surface area contributed by atoms with Gasteiger partial charge in [-0.15, -0.1) is 0 Å². The van der Waals surface area contributed by atoms with Crippen molar-refractivity contribution < 1.29 is 8.83 Å². The summed E-state index contributed by atoms with van der Waals surface area (Å²) in [7, 11) is 0. The molecule has 10 aromatic rings. The fraction of sp³-hybridized carbons (Fsp3) is 0. The summed E-state index contributed by atoms with van der Waals surface area (Å²) >= 11 is 0. The highest BCUT2D eigenvalue weighted by molar-refractivity contribution is 6.16. The van der Waals surface area contributed by atoms with E-state index in [1.807, 2.05) is 72.8 Å². The molecule has 0 saturated carbocycles. The molecule has 3 heterocycles. The Hall–Kier alpha value is -6.59. The second kappa shape index (κ2) is 10.5. The minimum absolute atomic E-state index is 0.587. The molecule has 224 valence electrons. The minimum Gasteiger partial charge on any atom is -0.456 e. The fourth-order valence-corrected chi connectivity index (χ4v) is 6.93. The Morgan fingerprint density at radius 3 is 1.69 bits per heavy atom. The molecule has 0 amide bonds. The van der Waals surface area contributed by atoms with Crippen LogP contribution in [0, 0.1) is 0 Å². The maximum absolute atomic E-state index is 6.24. The number of nitrogens with zero attached hydrogens (tertiary/aromatic N) is 3. The number of hydrogen-bond acceptors (Lipinski definition) is 5. The van der Waals surface area contributed by atoms with Crippen LogP contribution in [0.15, 0.2) is 160 Å². The van der Waals surface area contributed by atoms with Crippen LogP contribution in [0.3, 0.4) is 0 Å². The average Bonchev–Trinajstić information content (AvgIpc) is 3.73. The molecule has 0 bridgehead atoms. The van der Waals surface area contributed by atoms with Crippen molar-refractivity contribution in [1.29, 1.82) is 0 Å². The van der Waals surface area contributed by atoms with Crippen molar-refractivity contribution in [3.63, 3.8) is 0 Å². The van der Waals surface area contributed by atoms with Gasteiger partial charge in [-0.1, -0.05) is 115 Å². The van der Waals surface area contributed by atoms with Crippen LogP contribution < -0.4 is 0 Å². The van der Waals surface area contributed by atoms with E-state index >= 15 is 0 Å². The van der Waals surface area contributed by atoms with Gasteiger partial charge in [0.25, 0.3) is 0 Å². The molecule has 48 heavy (non-hydrogen) atoms. The molecule has 0 N–H and O–H groups in total. The lowest BCUT2D eigenvalue weighted by Gasteiger charge is -2.13. The number of fused-ring (bicyclic) bond motifs is 7. The van der Waals surface area contributed by atoms with Crippen LogP contribution in [0.2, 0.25) is 0 Å². The zero-order valence-corrected chi connectivity index (χ0v) is 25.6.